The molecule has 1 atom stereocenters. The van der Waals surface area contributed by atoms with Gasteiger partial charge in [0.1, 0.15) is 5.82 Å². The van der Waals surface area contributed by atoms with Gasteiger partial charge in [0, 0.05) is 44.7 Å². The molecule has 1 unspecified atom stereocenters. The number of carbonyl (C=O) groups is 2. The SMILES string of the molecule is Cc1cc(C)n(C2CCN(C(=O)c3cnc4c(c3)N(CC3CCOCC3)C(=O)CN4)C2)n1. The van der Waals surface area contributed by atoms with Crippen LogP contribution in [0.15, 0.2) is 18.3 Å². The molecule has 2 aromatic heterocycles. The molecule has 3 aliphatic heterocycles. The molecule has 9 nitrogen and oxygen atoms in total. The molecule has 0 saturated carbocycles. The lowest BCUT2D eigenvalue weighted by atomic mass is 9.99. The number of pyridine rings is 1. The first kappa shape index (κ1) is 20.9. The van der Waals surface area contributed by atoms with E-state index in [9.17, 15) is 9.59 Å². The second-order valence-electron chi connectivity index (χ2n) is 9.07. The molecule has 2 aromatic rings. The minimum Gasteiger partial charge on any atom is -0.381 e. The summed E-state index contributed by atoms with van der Waals surface area (Å²) in [4.78, 5) is 34.2. The van der Waals surface area contributed by atoms with Crippen molar-refractivity contribution in [2.75, 3.05) is 49.6 Å². The summed E-state index contributed by atoms with van der Waals surface area (Å²) in [6, 6.07) is 4.08. The molecular formula is C23H30N6O3. The van der Waals surface area contributed by atoms with Gasteiger partial charge in [-0.15, -0.1) is 0 Å². The van der Waals surface area contributed by atoms with Crippen LogP contribution in [0.2, 0.25) is 0 Å². The standard InChI is InChI=1S/C23H30N6O3/c1-15-9-16(2)29(26-15)19-3-6-27(14-19)23(31)18-10-20-22(24-11-18)25-12-21(30)28(20)13-17-4-7-32-8-5-17/h9-11,17,19H,3-8,12-14H2,1-2H3,(H,24,25). The van der Waals surface area contributed by atoms with Crippen molar-refractivity contribution in [3.63, 3.8) is 0 Å². The van der Waals surface area contributed by atoms with Crippen molar-refractivity contribution in [1.82, 2.24) is 19.7 Å². The van der Waals surface area contributed by atoms with Gasteiger partial charge < -0.3 is 19.9 Å². The van der Waals surface area contributed by atoms with E-state index < -0.39 is 0 Å². The number of nitrogens with one attached hydrogen (secondary N) is 1. The third kappa shape index (κ3) is 3.97. The highest BCUT2D eigenvalue weighted by atomic mass is 16.5. The van der Waals surface area contributed by atoms with Crippen LogP contribution in [0.1, 0.15) is 47.1 Å². The molecule has 0 bridgehead atoms. The predicted molar refractivity (Wildman–Crippen MR) is 120 cm³/mol. The summed E-state index contributed by atoms with van der Waals surface area (Å²) in [5.74, 6) is 1.03. The lowest BCUT2D eigenvalue weighted by Crippen LogP contribution is -2.44. The Morgan fingerprint density at radius 1 is 1.22 bits per heavy atom. The van der Waals surface area contributed by atoms with Crippen molar-refractivity contribution < 1.29 is 14.3 Å². The van der Waals surface area contributed by atoms with Gasteiger partial charge in [-0.3, -0.25) is 14.3 Å². The molecule has 0 spiro atoms. The van der Waals surface area contributed by atoms with Gasteiger partial charge in [-0.25, -0.2) is 4.98 Å². The lowest BCUT2D eigenvalue weighted by Gasteiger charge is -2.34. The number of rotatable bonds is 4. The maximum Gasteiger partial charge on any atom is 0.255 e. The number of hydrogen-bond acceptors (Lipinski definition) is 6. The molecule has 170 valence electrons. The van der Waals surface area contributed by atoms with E-state index in [4.69, 9.17) is 4.74 Å². The highest BCUT2D eigenvalue weighted by Crippen LogP contribution is 2.32. The molecule has 0 radical (unpaired) electrons. The molecule has 3 aliphatic rings. The van der Waals surface area contributed by atoms with E-state index >= 15 is 0 Å². The van der Waals surface area contributed by atoms with Crippen LogP contribution in [0.4, 0.5) is 11.5 Å². The maximum absolute atomic E-state index is 13.3. The largest absolute Gasteiger partial charge is 0.381 e. The van der Waals surface area contributed by atoms with Crippen molar-refractivity contribution in [1.29, 1.82) is 0 Å². The average molecular weight is 439 g/mol. The summed E-state index contributed by atoms with van der Waals surface area (Å²) in [5.41, 5.74) is 3.33. The van der Waals surface area contributed by atoms with Crippen LogP contribution in [-0.4, -0.2) is 70.9 Å². The summed E-state index contributed by atoms with van der Waals surface area (Å²) < 4.78 is 7.49. The number of aryl methyl sites for hydroxylation is 2. The number of hydrogen-bond donors (Lipinski definition) is 1. The van der Waals surface area contributed by atoms with Gasteiger partial charge in [-0.05, 0) is 51.2 Å². The van der Waals surface area contributed by atoms with E-state index in [2.05, 4.69) is 28.4 Å². The zero-order valence-electron chi connectivity index (χ0n) is 18.7. The predicted octanol–water partition coefficient (Wildman–Crippen LogP) is 2.17. The summed E-state index contributed by atoms with van der Waals surface area (Å²) in [7, 11) is 0. The summed E-state index contributed by atoms with van der Waals surface area (Å²) >= 11 is 0. The number of nitrogens with zero attached hydrogens (tertiary/aromatic N) is 5. The number of likely N-dealkylation sites (tertiary alicyclic amines) is 1. The summed E-state index contributed by atoms with van der Waals surface area (Å²) in [6.07, 6.45) is 4.38. The topological polar surface area (TPSA) is 92.6 Å². The van der Waals surface area contributed by atoms with Crippen LogP contribution in [0.5, 0.6) is 0 Å². The van der Waals surface area contributed by atoms with E-state index in [0.29, 0.717) is 42.6 Å². The average Bonchev–Trinajstić information content (AvgIpc) is 3.41. The smallest absolute Gasteiger partial charge is 0.255 e. The van der Waals surface area contributed by atoms with E-state index in [-0.39, 0.29) is 24.4 Å². The highest BCUT2D eigenvalue weighted by molar-refractivity contribution is 6.04. The minimum atomic E-state index is -0.0478. The molecule has 5 heterocycles. The number of aromatic nitrogens is 3. The lowest BCUT2D eigenvalue weighted by molar-refractivity contribution is -0.117. The molecular weight excluding hydrogens is 408 g/mol. The molecule has 1 N–H and O–H groups in total. The van der Waals surface area contributed by atoms with Gasteiger partial charge in [-0.1, -0.05) is 0 Å². The summed E-state index contributed by atoms with van der Waals surface area (Å²) in [6.45, 7) is 7.69. The number of amides is 2. The Morgan fingerprint density at radius 2 is 2.03 bits per heavy atom. The van der Waals surface area contributed by atoms with Crippen LogP contribution in [0, 0.1) is 19.8 Å². The fourth-order valence-corrected chi connectivity index (χ4v) is 5.01. The highest BCUT2D eigenvalue weighted by Gasteiger charge is 2.32. The molecule has 2 amide bonds. The molecule has 32 heavy (non-hydrogen) atoms. The van der Waals surface area contributed by atoms with Crippen LogP contribution in [0.25, 0.3) is 0 Å². The van der Waals surface area contributed by atoms with Crippen LogP contribution in [0.3, 0.4) is 0 Å². The molecule has 9 heteroatoms. The van der Waals surface area contributed by atoms with E-state index in [1.807, 2.05) is 22.6 Å². The number of fused-ring (bicyclic) bond motifs is 1. The quantitative estimate of drug-likeness (QED) is 0.787. The maximum atomic E-state index is 13.3. The van der Waals surface area contributed by atoms with Gasteiger partial charge in [0.25, 0.3) is 5.91 Å². The van der Waals surface area contributed by atoms with Gasteiger partial charge in [0.05, 0.1) is 29.5 Å². The Morgan fingerprint density at radius 3 is 2.78 bits per heavy atom. The number of carbonyl (C=O) groups excluding carboxylic acids is 2. The monoisotopic (exact) mass is 438 g/mol. The van der Waals surface area contributed by atoms with Crippen molar-refractivity contribution >= 4 is 23.3 Å². The van der Waals surface area contributed by atoms with Crippen LogP contribution in [-0.2, 0) is 9.53 Å². The fourth-order valence-electron chi connectivity index (χ4n) is 5.01. The Balaban J connectivity index is 1.34. The zero-order valence-corrected chi connectivity index (χ0v) is 18.7. The molecule has 2 saturated heterocycles. The Kier molecular flexibility index (Phi) is 5.58. The first-order chi connectivity index (χ1) is 15.5. The first-order valence-electron chi connectivity index (χ1n) is 11.4. The van der Waals surface area contributed by atoms with Crippen molar-refractivity contribution in [3.05, 3.63) is 35.3 Å². The normalized spacial score (nSPS) is 21.6. The Labute approximate surface area is 187 Å². The Bertz CT molecular complexity index is 1030. The van der Waals surface area contributed by atoms with Gasteiger partial charge in [-0.2, -0.15) is 5.10 Å². The van der Waals surface area contributed by atoms with Gasteiger partial charge in [0.15, 0.2) is 0 Å². The second kappa shape index (κ2) is 8.54. The number of anilines is 2. The molecule has 0 aliphatic carbocycles. The van der Waals surface area contributed by atoms with Crippen molar-refractivity contribution in [2.24, 2.45) is 5.92 Å². The molecule has 5 rings (SSSR count). The minimum absolute atomic E-state index is 0.0150. The van der Waals surface area contributed by atoms with Crippen LogP contribution < -0.4 is 10.2 Å². The zero-order chi connectivity index (χ0) is 22.2. The van der Waals surface area contributed by atoms with Crippen LogP contribution >= 0.6 is 0 Å². The number of ether oxygens (including phenoxy) is 1. The summed E-state index contributed by atoms with van der Waals surface area (Å²) in [5, 5.41) is 7.68. The van der Waals surface area contributed by atoms with Gasteiger partial charge in [0.2, 0.25) is 5.91 Å². The second-order valence-corrected chi connectivity index (χ2v) is 9.07. The first-order valence-corrected chi connectivity index (χ1v) is 11.4. The molecule has 0 aromatic carbocycles. The van der Waals surface area contributed by atoms with E-state index in [0.717, 1.165) is 43.9 Å². The van der Waals surface area contributed by atoms with Crippen molar-refractivity contribution in [2.45, 2.75) is 39.2 Å². The third-order valence-corrected chi connectivity index (χ3v) is 6.74. The fraction of sp³-hybridized carbons (Fsp3) is 0.565. The van der Waals surface area contributed by atoms with E-state index in [1.165, 1.54) is 0 Å². The van der Waals surface area contributed by atoms with E-state index in [1.54, 1.807) is 11.1 Å². The van der Waals surface area contributed by atoms with Gasteiger partial charge >= 0.3 is 0 Å². The molecule has 2 fully saturated rings. The third-order valence-electron chi connectivity index (χ3n) is 6.74. The van der Waals surface area contributed by atoms with Crippen molar-refractivity contribution in [3.8, 4) is 0 Å². The Hall–Kier alpha value is -2.94.